The van der Waals surface area contributed by atoms with Gasteiger partial charge in [0.25, 0.3) is 0 Å². The molecule has 0 radical (unpaired) electrons. The third-order valence-corrected chi connectivity index (χ3v) is 3.02. The fourth-order valence-electron chi connectivity index (χ4n) is 1.99. The lowest BCUT2D eigenvalue weighted by molar-refractivity contribution is -0.137. The summed E-state index contributed by atoms with van der Waals surface area (Å²) in [6.07, 6.45) is -2.58. The van der Waals surface area contributed by atoms with Gasteiger partial charge >= 0.3 is 6.18 Å². The first-order valence-electron chi connectivity index (χ1n) is 5.80. The molecular weight excluding hydrogens is 255 g/mol. The van der Waals surface area contributed by atoms with E-state index in [0.29, 0.717) is 0 Å². The molecule has 1 aromatic heterocycles. The average Bonchev–Trinajstić information content (AvgIpc) is 2.82. The van der Waals surface area contributed by atoms with E-state index in [2.05, 4.69) is 5.10 Å². The maximum Gasteiger partial charge on any atom is 0.419 e. The Morgan fingerprint density at radius 2 is 2.00 bits per heavy atom. The molecule has 102 valence electrons. The van der Waals surface area contributed by atoms with Crippen LogP contribution in [0.2, 0.25) is 0 Å². The predicted octanol–water partition coefficient (Wildman–Crippen LogP) is 2.76. The molecule has 1 heterocycles. The smallest absolute Gasteiger partial charge is 0.328 e. The molecule has 1 aromatic carbocycles. The van der Waals surface area contributed by atoms with Gasteiger partial charge in [0.15, 0.2) is 0 Å². The van der Waals surface area contributed by atoms with Gasteiger partial charge in [-0.1, -0.05) is 24.3 Å². The number of nitrogens with zero attached hydrogens (tertiary/aromatic N) is 2. The Hall–Kier alpha value is -1.82. The van der Waals surface area contributed by atoms with Crippen LogP contribution in [0.3, 0.4) is 0 Å². The number of hydrogen-bond donors (Lipinski definition) is 1. The molecular formula is C13H14F3N3. The molecule has 1 atom stereocenters. The minimum Gasteiger partial charge on any atom is -0.328 e. The molecule has 0 saturated heterocycles. The highest BCUT2D eigenvalue weighted by Gasteiger charge is 2.33. The van der Waals surface area contributed by atoms with Crippen molar-refractivity contribution in [2.24, 2.45) is 5.73 Å². The van der Waals surface area contributed by atoms with Crippen LogP contribution in [0.4, 0.5) is 13.2 Å². The maximum atomic E-state index is 12.6. The molecule has 2 rings (SSSR count). The second-order valence-electron chi connectivity index (χ2n) is 4.31. The highest BCUT2D eigenvalue weighted by atomic mass is 19.4. The van der Waals surface area contributed by atoms with Crippen molar-refractivity contribution >= 4 is 0 Å². The summed E-state index contributed by atoms with van der Waals surface area (Å²) in [5.74, 6) is 0. The summed E-state index contributed by atoms with van der Waals surface area (Å²) >= 11 is 0. The number of benzene rings is 1. The molecule has 2 aromatic rings. The van der Waals surface area contributed by atoms with Gasteiger partial charge in [0.05, 0.1) is 17.8 Å². The number of rotatable bonds is 3. The lowest BCUT2D eigenvalue weighted by Crippen LogP contribution is -2.21. The first-order chi connectivity index (χ1) is 8.93. The highest BCUT2D eigenvalue weighted by molar-refractivity contribution is 5.29. The van der Waals surface area contributed by atoms with E-state index in [1.54, 1.807) is 0 Å². The molecule has 19 heavy (non-hydrogen) atoms. The normalized spacial score (nSPS) is 13.5. The van der Waals surface area contributed by atoms with Crippen molar-refractivity contribution in [3.63, 3.8) is 0 Å². The molecule has 0 spiro atoms. The van der Waals surface area contributed by atoms with Crippen LogP contribution in [0.1, 0.15) is 22.7 Å². The van der Waals surface area contributed by atoms with Crippen molar-refractivity contribution < 1.29 is 13.2 Å². The summed E-state index contributed by atoms with van der Waals surface area (Å²) in [6.45, 7) is 2.08. The zero-order valence-electron chi connectivity index (χ0n) is 10.4. The third kappa shape index (κ3) is 2.78. The molecule has 0 fully saturated rings. The van der Waals surface area contributed by atoms with Gasteiger partial charge in [-0.3, -0.25) is 4.68 Å². The molecule has 2 N–H and O–H groups in total. The lowest BCUT2D eigenvalue weighted by Gasteiger charge is -2.18. The van der Waals surface area contributed by atoms with E-state index in [-0.39, 0.29) is 6.54 Å². The fraction of sp³-hybridized carbons (Fsp3) is 0.308. The Labute approximate surface area is 108 Å². The summed E-state index contributed by atoms with van der Waals surface area (Å²) < 4.78 is 39.0. The summed E-state index contributed by atoms with van der Waals surface area (Å²) in [5, 5.41) is 3.79. The van der Waals surface area contributed by atoms with Gasteiger partial charge in [-0.25, -0.2) is 0 Å². The zero-order valence-corrected chi connectivity index (χ0v) is 10.4. The van der Waals surface area contributed by atoms with Gasteiger partial charge in [-0.15, -0.1) is 0 Å². The average molecular weight is 269 g/mol. The van der Waals surface area contributed by atoms with Crippen LogP contribution in [-0.4, -0.2) is 16.3 Å². The van der Waals surface area contributed by atoms with Gasteiger partial charge < -0.3 is 5.73 Å². The second-order valence-corrected chi connectivity index (χ2v) is 4.31. The monoisotopic (exact) mass is 269 g/mol. The summed E-state index contributed by atoms with van der Waals surface area (Å²) in [7, 11) is 0. The van der Waals surface area contributed by atoms with E-state index in [1.807, 2.05) is 31.2 Å². The summed E-state index contributed by atoms with van der Waals surface area (Å²) in [5.41, 5.74) is 6.77. The summed E-state index contributed by atoms with van der Waals surface area (Å²) in [6, 6.07) is 7.06. The largest absolute Gasteiger partial charge is 0.419 e. The lowest BCUT2D eigenvalue weighted by atomic mass is 10.0. The van der Waals surface area contributed by atoms with Crippen molar-refractivity contribution in [3.8, 4) is 0 Å². The van der Waals surface area contributed by atoms with Gasteiger partial charge in [-0.2, -0.15) is 18.3 Å². The molecule has 0 aliphatic rings. The Morgan fingerprint density at radius 3 is 2.53 bits per heavy atom. The van der Waals surface area contributed by atoms with Crippen LogP contribution < -0.4 is 5.73 Å². The summed E-state index contributed by atoms with van der Waals surface area (Å²) in [4.78, 5) is 0. The molecule has 0 amide bonds. The molecule has 0 bridgehead atoms. The van der Waals surface area contributed by atoms with E-state index < -0.39 is 17.8 Å². The van der Waals surface area contributed by atoms with Gasteiger partial charge in [0.1, 0.15) is 0 Å². The van der Waals surface area contributed by atoms with Gasteiger partial charge in [0.2, 0.25) is 0 Å². The van der Waals surface area contributed by atoms with E-state index in [9.17, 15) is 13.2 Å². The number of hydrogen-bond acceptors (Lipinski definition) is 2. The Kier molecular flexibility index (Phi) is 3.61. The molecule has 0 aliphatic heterocycles. The van der Waals surface area contributed by atoms with Crippen molar-refractivity contribution in [1.29, 1.82) is 0 Å². The highest BCUT2D eigenvalue weighted by Crippen LogP contribution is 2.30. The second kappa shape index (κ2) is 5.05. The van der Waals surface area contributed by atoms with Crippen LogP contribution in [0.5, 0.6) is 0 Å². The number of alkyl halides is 3. The van der Waals surface area contributed by atoms with Crippen LogP contribution in [0.25, 0.3) is 0 Å². The number of aryl methyl sites for hydroxylation is 1. The topological polar surface area (TPSA) is 43.8 Å². The molecule has 1 unspecified atom stereocenters. The van der Waals surface area contributed by atoms with Crippen LogP contribution >= 0.6 is 0 Å². The third-order valence-electron chi connectivity index (χ3n) is 3.02. The van der Waals surface area contributed by atoms with Crippen molar-refractivity contribution in [2.75, 3.05) is 6.54 Å². The predicted molar refractivity (Wildman–Crippen MR) is 65.6 cm³/mol. The van der Waals surface area contributed by atoms with E-state index in [4.69, 9.17) is 5.73 Å². The molecule has 6 heteroatoms. The van der Waals surface area contributed by atoms with Gasteiger partial charge in [0, 0.05) is 12.7 Å². The first-order valence-corrected chi connectivity index (χ1v) is 5.80. The Morgan fingerprint density at radius 1 is 1.32 bits per heavy atom. The molecule has 0 aliphatic carbocycles. The standard InChI is InChI=1S/C13H14F3N3/c1-9-4-2-3-5-11(9)12(6-17)19-8-10(7-18-19)13(14,15)16/h2-5,7-8,12H,6,17H2,1H3. The Bertz CT molecular complexity index is 560. The molecule has 0 saturated carbocycles. The van der Waals surface area contributed by atoms with E-state index >= 15 is 0 Å². The van der Waals surface area contributed by atoms with Crippen LogP contribution in [0, 0.1) is 6.92 Å². The van der Waals surface area contributed by atoms with Crippen molar-refractivity contribution in [1.82, 2.24) is 9.78 Å². The number of nitrogens with two attached hydrogens (primary N) is 1. The first kappa shape index (κ1) is 13.6. The number of halogens is 3. The minimum atomic E-state index is -4.39. The van der Waals surface area contributed by atoms with E-state index in [0.717, 1.165) is 23.5 Å². The van der Waals surface area contributed by atoms with Gasteiger partial charge in [-0.05, 0) is 18.1 Å². The van der Waals surface area contributed by atoms with E-state index in [1.165, 1.54) is 4.68 Å². The SMILES string of the molecule is Cc1ccccc1C(CN)n1cc(C(F)(F)F)cn1. The van der Waals surface area contributed by atoms with Crippen LogP contribution in [0.15, 0.2) is 36.7 Å². The maximum absolute atomic E-state index is 12.6. The minimum absolute atomic E-state index is 0.184. The quantitative estimate of drug-likeness (QED) is 0.931. The zero-order chi connectivity index (χ0) is 14.0. The van der Waals surface area contributed by atoms with Crippen molar-refractivity contribution in [2.45, 2.75) is 19.1 Å². The molecule has 3 nitrogen and oxygen atoms in total. The van der Waals surface area contributed by atoms with Crippen LogP contribution in [-0.2, 0) is 6.18 Å². The Balaban J connectivity index is 2.38. The number of aromatic nitrogens is 2. The van der Waals surface area contributed by atoms with Crippen molar-refractivity contribution in [3.05, 3.63) is 53.3 Å². The fourth-order valence-corrected chi connectivity index (χ4v) is 1.99.